The molecule has 1 unspecified atom stereocenters. The Balaban J connectivity index is 1.34. The quantitative estimate of drug-likeness (QED) is 0.241. The largest absolute Gasteiger partial charge is 0.422 e. The monoisotopic (exact) mass is 569 g/mol. The van der Waals surface area contributed by atoms with E-state index in [-0.39, 0.29) is 11.6 Å². The Bertz CT molecular complexity index is 1410. The summed E-state index contributed by atoms with van der Waals surface area (Å²) >= 11 is 19.0. The number of para-hydroxylation sites is 1. The number of hydrogen-bond acceptors (Lipinski definition) is 5. The number of nitrogens with zero attached hydrogens (tertiary/aromatic N) is 2. The summed E-state index contributed by atoms with van der Waals surface area (Å²) in [6.07, 6.45) is -0.945. The number of piperazine rings is 1. The predicted octanol–water partition coefficient (Wildman–Crippen LogP) is 5.63. The highest BCUT2D eigenvalue weighted by Gasteiger charge is 2.41. The number of rotatable bonds is 6. The van der Waals surface area contributed by atoms with Gasteiger partial charge in [0.25, 0.3) is 5.91 Å². The maximum atomic E-state index is 13.2. The van der Waals surface area contributed by atoms with Crippen molar-refractivity contribution in [2.75, 3.05) is 26.2 Å². The van der Waals surface area contributed by atoms with E-state index in [2.05, 4.69) is 34.5 Å². The first kappa shape index (κ1) is 26.7. The van der Waals surface area contributed by atoms with Gasteiger partial charge in [0, 0.05) is 31.6 Å². The lowest BCUT2D eigenvalue weighted by Crippen LogP contribution is -2.61. The SMILES string of the molecule is O=C(NC(N1CCN(C(c2ccccc2)c2ccccc2)CC1)C(Cl)(Cl)Cl)c1cc2ccccc2oc1=O. The van der Waals surface area contributed by atoms with Crippen LogP contribution >= 0.6 is 34.8 Å². The van der Waals surface area contributed by atoms with Gasteiger partial charge in [0.1, 0.15) is 17.3 Å². The zero-order valence-electron chi connectivity index (χ0n) is 20.4. The molecule has 4 aromatic rings. The molecule has 38 heavy (non-hydrogen) atoms. The molecule has 3 aromatic carbocycles. The minimum atomic E-state index is -1.83. The van der Waals surface area contributed by atoms with Crippen LogP contribution in [0.4, 0.5) is 0 Å². The van der Waals surface area contributed by atoms with Crippen LogP contribution in [0.25, 0.3) is 11.0 Å². The second kappa shape index (κ2) is 11.5. The van der Waals surface area contributed by atoms with Gasteiger partial charge in [-0.2, -0.15) is 0 Å². The fraction of sp³-hybridized carbons (Fsp3) is 0.241. The molecular weight excluding hydrogens is 545 g/mol. The summed E-state index contributed by atoms with van der Waals surface area (Å²) in [5, 5.41) is 3.40. The Labute approximate surface area is 235 Å². The summed E-state index contributed by atoms with van der Waals surface area (Å²) in [6.45, 7) is 2.45. The van der Waals surface area contributed by atoms with Gasteiger partial charge >= 0.3 is 5.63 Å². The third-order valence-corrected chi connectivity index (χ3v) is 7.39. The summed E-state index contributed by atoms with van der Waals surface area (Å²) < 4.78 is 3.49. The number of carbonyl (C=O) groups is 1. The zero-order valence-corrected chi connectivity index (χ0v) is 22.7. The van der Waals surface area contributed by atoms with Gasteiger partial charge in [-0.05, 0) is 23.3 Å². The molecule has 9 heteroatoms. The number of fused-ring (bicyclic) bond motifs is 1. The molecule has 6 nitrogen and oxygen atoms in total. The summed E-state index contributed by atoms with van der Waals surface area (Å²) in [7, 11) is 0. The maximum Gasteiger partial charge on any atom is 0.349 e. The topological polar surface area (TPSA) is 65.8 Å². The molecule has 0 aliphatic carbocycles. The van der Waals surface area contributed by atoms with E-state index in [0.29, 0.717) is 37.1 Å². The first-order valence-electron chi connectivity index (χ1n) is 12.3. The normalized spacial score (nSPS) is 16.0. The Morgan fingerprint density at radius 1 is 0.789 bits per heavy atom. The van der Waals surface area contributed by atoms with E-state index < -0.39 is 21.5 Å². The highest BCUT2D eigenvalue weighted by molar-refractivity contribution is 6.68. The van der Waals surface area contributed by atoms with Gasteiger partial charge in [0.2, 0.25) is 3.79 Å². The molecule has 0 spiro atoms. The molecule has 1 aromatic heterocycles. The number of benzene rings is 3. The average molecular weight is 571 g/mol. The third-order valence-electron chi connectivity index (χ3n) is 6.77. The summed E-state index contributed by atoms with van der Waals surface area (Å²) in [4.78, 5) is 30.0. The van der Waals surface area contributed by atoms with Crippen molar-refractivity contribution in [3.05, 3.63) is 118 Å². The van der Waals surface area contributed by atoms with E-state index >= 15 is 0 Å². The molecule has 1 N–H and O–H groups in total. The third kappa shape index (κ3) is 5.90. The molecule has 0 bridgehead atoms. The van der Waals surface area contributed by atoms with Crippen LogP contribution in [0.5, 0.6) is 0 Å². The molecule has 1 aliphatic rings. The number of amides is 1. The molecule has 1 fully saturated rings. The van der Waals surface area contributed by atoms with E-state index in [1.807, 2.05) is 41.3 Å². The Hall–Kier alpha value is -2.87. The second-order valence-electron chi connectivity index (χ2n) is 9.20. The van der Waals surface area contributed by atoms with Gasteiger partial charge in [-0.3, -0.25) is 14.6 Å². The van der Waals surface area contributed by atoms with Crippen molar-refractivity contribution in [2.24, 2.45) is 0 Å². The van der Waals surface area contributed by atoms with Crippen molar-refractivity contribution in [3.63, 3.8) is 0 Å². The van der Waals surface area contributed by atoms with E-state index in [1.54, 1.807) is 24.3 Å². The van der Waals surface area contributed by atoms with Gasteiger partial charge in [-0.25, -0.2) is 4.79 Å². The van der Waals surface area contributed by atoms with Crippen molar-refractivity contribution in [1.29, 1.82) is 0 Å². The molecule has 1 saturated heterocycles. The zero-order chi connectivity index (χ0) is 26.7. The van der Waals surface area contributed by atoms with Crippen LogP contribution in [-0.4, -0.2) is 51.8 Å². The fourth-order valence-electron chi connectivity index (χ4n) is 4.94. The smallest absolute Gasteiger partial charge is 0.349 e. The number of nitrogens with one attached hydrogen (secondary N) is 1. The number of alkyl halides is 3. The highest BCUT2D eigenvalue weighted by Crippen LogP contribution is 2.35. The second-order valence-corrected chi connectivity index (χ2v) is 11.6. The van der Waals surface area contributed by atoms with Crippen molar-refractivity contribution in [2.45, 2.75) is 16.0 Å². The van der Waals surface area contributed by atoms with Crippen LogP contribution < -0.4 is 10.9 Å². The molecule has 1 aliphatic heterocycles. The Kier molecular flexibility index (Phi) is 8.07. The van der Waals surface area contributed by atoms with Crippen LogP contribution in [-0.2, 0) is 0 Å². The average Bonchev–Trinajstić information content (AvgIpc) is 2.92. The Morgan fingerprint density at radius 2 is 1.32 bits per heavy atom. The molecule has 5 rings (SSSR count). The van der Waals surface area contributed by atoms with Crippen LogP contribution in [0.1, 0.15) is 27.5 Å². The first-order valence-corrected chi connectivity index (χ1v) is 13.4. The highest BCUT2D eigenvalue weighted by atomic mass is 35.6. The lowest BCUT2D eigenvalue weighted by atomic mass is 9.96. The molecular formula is C29H26Cl3N3O3. The van der Waals surface area contributed by atoms with E-state index in [0.717, 1.165) is 0 Å². The van der Waals surface area contributed by atoms with E-state index in [9.17, 15) is 9.59 Å². The van der Waals surface area contributed by atoms with Crippen LogP contribution in [0.15, 0.2) is 100 Å². The summed E-state index contributed by atoms with van der Waals surface area (Å²) in [6, 6.07) is 29.2. The molecule has 196 valence electrons. The predicted molar refractivity (Wildman–Crippen MR) is 152 cm³/mol. The van der Waals surface area contributed by atoms with Crippen molar-refractivity contribution >= 4 is 51.7 Å². The summed E-state index contributed by atoms with van der Waals surface area (Å²) in [5.74, 6) is -0.658. The van der Waals surface area contributed by atoms with Crippen LogP contribution in [0.3, 0.4) is 0 Å². The molecule has 1 amide bonds. The molecule has 0 radical (unpaired) electrons. The lowest BCUT2D eigenvalue weighted by molar-refractivity contribution is 0.0590. The van der Waals surface area contributed by atoms with Gasteiger partial charge in [-0.15, -0.1) is 0 Å². The van der Waals surface area contributed by atoms with Gasteiger partial charge in [-0.1, -0.05) is 114 Å². The summed E-state index contributed by atoms with van der Waals surface area (Å²) in [5.41, 5.74) is 1.90. The standard InChI is InChI=1S/C29H26Cl3N3O3/c30-29(31,32)28(33-26(36)23-19-22-13-7-8-14-24(22)38-27(23)37)35-17-15-34(16-18-35)25(20-9-3-1-4-10-20)21-11-5-2-6-12-21/h1-14,19,25,28H,15-18H2,(H,33,36). The Morgan fingerprint density at radius 3 is 1.89 bits per heavy atom. The molecule has 1 atom stereocenters. The van der Waals surface area contributed by atoms with Crippen molar-refractivity contribution < 1.29 is 9.21 Å². The van der Waals surface area contributed by atoms with Gasteiger partial charge in [0.15, 0.2) is 0 Å². The number of halogens is 3. The van der Waals surface area contributed by atoms with Crippen molar-refractivity contribution in [3.8, 4) is 0 Å². The molecule has 2 heterocycles. The molecule has 0 saturated carbocycles. The lowest BCUT2D eigenvalue weighted by Gasteiger charge is -2.44. The number of hydrogen-bond donors (Lipinski definition) is 1. The number of carbonyl (C=O) groups excluding carboxylic acids is 1. The van der Waals surface area contributed by atoms with E-state index in [1.165, 1.54) is 17.2 Å². The van der Waals surface area contributed by atoms with E-state index in [4.69, 9.17) is 39.2 Å². The van der Waals surface area contributed by atoms with Crippen molar-refractivity contribution in [1.82, 2.24) is 15.1 Å². The van der Waals surface area contributed by atoms with Gasteiger partial charge in [0.05, 0.1) is 6.04 Å². The minimum absolute atomic E-state index is 0.0718. The first-order chi connectivity index (χ1) is 18.3. The maximum absolute atomic E-state index is 13.2. The van der Waals surface area contributed by atoms with Crippen LogP contribution in [0.2, 0.25) is 0 Å². The fourth-order valence-corrected chi connectivity index (χ4v) is 5.52. The minimum Gasteiger partial charge on any atom is -0.422 e. The van der Waals surface area contributed by atoms with Crippen LogP contribution in [0, 0.1) is 0 Å². The van der Waals surface area contributed by atoms with Gasteiger partial charge < -0.3 is 9.73 Å².